The molecule has 6 nitrogen and oxygen atoms in total. The molecule has 2 aromatic heterocycles. The van der Waals surface area contributed by atoms with Crippen LogP contribution >= 0.6 is 0 Å². The summed E-state index contributed by atoms with van der Waals surface area (Å²) < 4.78 is 14.0. The zero-order valence-electron chi connectivity index (χ0n) is 10.6. The van der Waals surface area contributed by atoms with E-state index >= 15 is 0 Å². The van der Waals surface area contributed by atoms with Crippen molar-refractivity contribution in [2.75, 3.05) is 13.2 Å². The number of aromatic nitrogens is 3. The third kappa shape index (κ3) is 2.60. The lowest BCUT2D eigenvalue weighted by atomic mass is 10.5. The van der Waals surface area contributed by atoms with E-state index in [2.05, 4.69) is 5.10 Å². The van der Waals surface area contributed by atoms with Gasteiger partial charge in [0.1, 0.15) is 5.52 Å². The molecule has 0 bridgehead atoms. The molecule has 0 spiro atoms. The number of ether oxygens (including phenoxy) is 2. The van der Waals surface area contributed by atoms with Crippen LogP contribution in [0.25, 0.3) is 5.52 Å². The molecule has 2 heterocycles. The number of hydrogen-bond donors (Lipinski definition) is 0. The summed E-state index contributed by atoms with van der Waals surface area (Å²) in [6.45, 7) is 5.27. The molecule has 2 rings (SSSR count). The summed E-state index contributed by atoms with van der Waals surface area (Å²) in [7, 11) is 0. The second kappa shape index (κ2) is 5.79. The topological polar surface area (TPSA) is 57.8 Å². The molecule has 0 unspecified atom stereocenters. The highest BCUT2D eigenvalue weighted by Crippen LogP contribution is 2.00. The maximum atomic E-state index is 12.1. The lowest BCUT2D eigenvalue weighted by molar-refractivity contribution is -0.143. The van der Waals surface area contributed by atoms with Crippen LogP contribution in [0, 0.1) is 0 Å². The van der Waals surface area contributed by atoms with Crippen LogP contribution in [0.15, 0.2) is 29.5 Å². The van der Waals surface area contributed by atoms with Crippen molar-refractivity contribution < 1.29 is 9.47 Å². The number of nitrogens with zero attached hydrogens (tertiary/aromatic N) is 3. The van der Waals surface area contributed by atoms with Gasteiger partial charge in [-0.1, -0.05) is 0 Å². The van der Waals surface area contributed by atoms with Crippen molar-refractivity contribution >= 4 is 5.52 Å². The van der Waals surface area contributed by atoms with E-state index in [0.29, 0.717) is 25.3 Å². The lowest BCUT2D eigenvalue weighted by Gasteiger charge is -2.17. The van der Waals surface area contributed by atoms with Gasteiger partial charge >= 0.3 is 0 Å². The Bertz CT molecular complexity index is 555. The monoisotopic (exact) mass is 251 g/mol. The Labute approximate surface area is 105 Å². The Hall–Kier alpha value is -1.66. The molecule has 0 radical (unpaired) electrons. The van der Waals surface area contributed by atoms with Crippen molar-refractivity contribution in [3.05, 3.63) is 35.0 Å². The first kappa shape index (κ1) is 12.8. The fraction of sp³-hybridized carbons (Fsp3) is 0.500. The summed E-state index contributed by atoms with van der Waals surface area (Å²) in [5, 5.41) is 4.01. The molecule has 0 aliphatic rings. The average molecular weight is 251 g/mol. The molecule has 0 saturated heterocycles. The van der Waals surface area contributed by atoms with Crippen molar-refractivity contribution in [1.29, 1.82) is 0 Å². The quantitative estimate of drug-likeness (QED) is 0.716. The predicted molar refractivity (Wildman–Crippen MR) is 66.5 cm³/mol. The van der Waals surface area contributed by atoms with Gasteiger partial charge in [-0.05, 0) is 19.9 Å². The predicted octanol–water partition coefficient (Wildman–Crippen LogP) is 0.895. The Morgan fingerprint density at radius 2 is 2.00 bits per heavy atom. The average Bonchev–Trinajstić information content (AvgIpc) is 2.82. The van der Waals surface area contributed by atoms with Crippen molar-refractivity contribution in [2.45, 2.75) is 26.7 Å². The smallest absolute Gasteiger partial charge is 0.276 e. The van der Waals surface area contributed by atoms with Gasteiger partial charge in [-0.15, -0.1) is 0 Å². The minimum absolute atomic E-state index is 0.0978. The minimum Gasteiger partial charge on any atom is -0.351 e. The highest BCUT2D eigenvalue weighted by molar-refractivity contribution is 5.42. The molecule has 0 amide bonds. The molecule has 0 atom stereocenters. The molecular formula is C12H17N3O3. The Balaban J connectivity index is 2.24. The zero-order chi connectivity index (χ0) is 13.0. The number of hydrogen-bond acceptors (Lipinski definition) is 4. The standard InChI is InChI=1S/C12H17N3O3/c1-3-17-11(18-4-2)9-14-7-8-15-10(12(14)16)5-6-13-15/h5-8,11H,3-4,9H2,1-2H3. The molecule has 0 saturated carbocycles. The summed E-state index contributed by atoms with van der Waals surface area (Å²) in [6, 6.07) is 1.69. The Kier molecular flexibility index (Phi) is 4.11. The van der Waals surface area contributed by atoms with Gasteiger partial charge in [-0.25, -0.2) is 4.52 Å². The first-order valence-corrected chi connectivity index (χ1v) is 6.02. The van der Waals surface area contributed by atoms with Crippen LogP contribution in [-0.2, 0) is 16.0 Å². The van der Waals surface area contributed by atoms with E-state index in [1.807, 2.05) is 13.8 Å². The van der Waals surface area contributed by atoms with Gasteiger partial charge in [0.05, 0.1) is 12.7 Å². The Morgan fingerprint density at radius 1 is 1.28 bits per heavy atom. The van der Waals surface area contributed by atoms with E-state index in [9.17, 15) is 4.79 Å². The van der Waals surface area contributed by atoms with Crippen LogP contribution in [0.2, 0.25) is 0 Å². The van der Waals surface area contributed by atoms with Crippen LogP contribution in [0.1, 0.15) is 13.8 Å². The summed E-state index contributed by atoms with van der Waals surface area (Å²) in [5.41, 5.74) is 0.448. The van der Waals surface area contributed by atoms with E-state index in [0.717, 1.165) is 0 Å². The van der Waals surface area contributed by atoms with Crippen molar-refractivity contribution in [3.8, 4) is 0 Å². The zero-order valence-corrected chi connectivity index (χ0v) is 10.6. The molecule has 0 N–H and O–H groups in total. The van der Waals surface area contributed by atoms with E-state index in [-0.39, 0.29) is 5.56 Å². The summed E-state index contributed by atoms with van der Waals surface area (Å²) in [6.07, 6.45) is 4.63. The second-order valence-electron chi connectivity index (χ2n) is 3.76. The molecule has 18 heavy (non-hydrogen) atoms. The van der Waals surface area contributed by atoms with E-state index < -0.39 is 6.29 Å². The second-order valence-corrected chi connectivity index (χ2v) is 3.76. The normalized spacial score (nSPS) is 11.5. The molecule has 2 aromatic rings. The highest BCUT2D eigenvalue weighted by atomic mass is 16.7. The third-order valence-electron chi connectivity index (χ3n) is 2.59. The summed E-state index contributed by atoms with van der Waals surface area (Å²) >= 11 is 0. The molecule has 0 aromatic carbocycles. The summed E-state index contributed by atoms with van der Waals surface area (Å²) in [4.78, 5) is 12.1. The number of rotatable bonds is 6. The number of fused-ring (bicyclic) bond motifs is 1. The molecule has 0 fully saturated rings. The maximum Gasteiger partial charge on any atom is 0.276 e. The van der Waals surface area contributed by atoms with Gasteiger partial charge in [-0.3, -0.25) is 4.79 Å². The summed E-state index contributed by atoms with van der Waals surface area (Å²) in [5.74, 6) is 0. The van der Waals surface area contributed by atoms with Crippen molar-refractivity contribution in [2.24, 2.45) is 0 Å². The lowest BCUT2D eigenvalue weighted by Crippen LogP contribution is -2.30. The van der Waals surface area contributed by atoms with Gasteiger partial charge in [0.15, 0.2) is 6.29 Å². The largest absolute Gasteiger partial charge is 0.351 e. The SMILES string of the molecule is CCOC(Cn1ccn2nccc2c1=O)OCC. The molecule has 98 valence electrons. The molecule has 0 aliphatic heterocycles. The van der Waals surface area contributed by atoms with Crippen LogP contribution in [0.5, 0.6) is 0 Å². The minimum atomic E-state index is -0.400. The first-order valence-electron chi connectivity index (χ1n) is 6.02. The van der Waals surface area contributed by atoms with Gasteiger partial charge < -0.3 is 14.0 Å². The van der Waals surface area contributed by atoms with E-state index in [4.69, 9.17) is 9.47 Å². The van der Waals surface area contributed by atoms with Gasteiger partial charge in [0.25, 0.3) is 5.56 Å². The molecule has 6 heteroatoms. The maximum absolute atomic E-state index is 12.1. The van der Waals surface area contributed by atoms with Crippen LogP contribution in [-0.4, -0.2) is 33.7 Å². The molecular weight excluding hydrogens is 234 g/mol. The van der Waals surface area contributed by atoms with Gasteiger partial charge in [-0.2, -0.15) is 5.10 Å². The van der Waals surface area contributed by atoms with Crippen LogP contribution in [0.3, 0.4) is 0 Å². The van der Waals surface area contributed by atoms with Gasteiger partial charge in [0.2, 0.25) is 0 Å². The van der Waals surface area contributed by atoms with Crippen molar-refractivity contribution in [1.82, 2.24) is 14.2 Å². The third-order valence-corrected chi connectivity index (χ3v) is 2.59. The van der Waals surface area contributed by atoms with E-state index in [1.54, 1.807) is 33.7 Å². The van der Waals surface area contributed by atoms with Crippen LogP contribution < -0.4 is 5.56 Å². The van der Waals surface area contributed by atoms with Gasteiger partial charge in [0, 0.05) is 25.6 Å². The van der Waals surface area contributed by atoms with Crippen molar-refractivity contribution in [3.63, 3.8) is 0 Å². The van der Waals surface area contributed by atoms with E-state index in [1.165, 1.54) is 0 Å². The first-order chi connectivity index (χ1) is 8.76. The fourth-order valence-electron chi connectivity index (χ4n) is 1.79. The molecule has 0 aliphatic carbocycles. The van der Waals surface area contributed by atoms with Crippen LogP contribution in [0.4, 0.5) is 0 Å². The Morgan fingerprint density at radius 3 is 2.67 bits per heavy atom. The fourth-order valence-corrected chi connectivity index (χ4v) is 1.79. The highest BCUT2D eigenvalue weighted by Gasteiger charge is 2.11.